The summed E-state index contributed by atoms with van der Waals surface area (Å²) in [5.74, 6) is 0.377. The van der Waals surface area contributed by atoms with Crippen LogP contribution in [0.5, 0.6) is 11.5 Å². The fraction of sp³-hybridized carbons (Fsp3) is 0.250. The molecule has 0 unspecified atom stereocenters. The third kappa shape index (κ3) is 3.81. The average Bonchev–Trinajstić information content (AvgIpc) is 3.17. The Hall–Kier alpha value is -2.54. The molecule has 0 fully saturated rings. The van der Waals surface area contributed by atoms with Crippen LogP contribution < -0.4 is 14.8 Å². The summed E-state index contributed by atoms with van der Waals surface area (Å²) in [5.41, 5.74) is 1.43. The predicted molar refractivity (Wildman–Crippen MR) is 84.8 cm³/mol. The molecule has 120 valence electrons. The number of nitrogens with one attached hydrogen (secondary N) is 1. The van der Waals surface area contributed by atoms with Gasteiger partial charge in [0.25, 0.3) is 5.91 Å². The first-order chi connectivity index (χ1) is 11.1. The molecule has 23 heavy (non-hydrogen) atoms. The first-order valence-electron chi connectivity index (χ1n) is 7.03. The van der Waals surface area contributed by atoms with E-state index in [1.807, 2.05) is 16.8 Å². The van der Waals surface area contributed by atoms with Crippen LogP contribution in [0.3, 0.4) is 0 Å². The normalized spacial score (nSPS) is 13.4. The Kier molecular flexibility index (Phi) is 4.47. The summed E-state index contributed by atoms with van der Waals surface area (Å²) in [4.78, 5) is 23.9. The van der Waals surface area contributed by atoms with Gasteiger partial charge in [-0.2, -0.15) is 11.3 Å². The van der Waals surface area contributed by atoms with Crippen molar-refractivity contribution in [1.82, 2.24) is 0 Å². The maximum atomic E-state index is 12.1. The number of ether oxygens (including phenoxy) is 3. The molecule has 0 bridgehead atoms. The molecule has 1 amide bonds. The van der Waals surface area contributed by atoms with E-state index in [0.29, 0.717) is 17.2 Å². The van der Waals surface area contributed by atoms with Crippen LogP contribution in [0, 0.1) is 0 Å². The summed E-state index contributed by atoms with van der Waals surface area (Å²) < 4.78 is 15.6. The molecular formula is C16H15NO5S. The predicted octanol–water partition coefficient (Wildman–Crippen LogP) is 2.59. The van der Waals surface area contributed by atoms with E-state index in [4.69, 9.17) is 14.2 Å². The van der Waals surface area contributed by atoms with Crippen molar-refractivity contribution in [3.63, 3.8) is 0 Å². The van der Waals surface area contributed by atoms with Crippen LogP contribution >= 0.6 is 11.3 Å². The minimum Gasteiger partial charge on any atom is -0.454 e. The Labute approximate surface area is 137 Å². The van der Waals surface area contributed by atoms with E-state index in [2.05, 4.69) is 5.32 Å². The van der Waals surface area contributed by atoms with Crippen LogP contribution in [-0.4, -0.2) is 24.8 Å². The monoisotopic (exact) mass is 333 g/mol. The SMILES string of the molecule is C[C@@H](OC(=O)Cc1ccsc1)C(=O)Nc1ccc2c(c1)OCO2. The van der Waals surface area contributed by atoms with Crippen molar-refractivity contribution in [2.75, 3.05) is 12.1 Å². The van der Waals surface area contributed by atoms with Gasteiger partial charge in [0.2, 0.25) is 6.79 Å². The van der Waals surface area contributed by atoms with Crippen LogP contribution in [-0.2, 0) is 20.7 Å². The fourth-order valence-corrected chi connectivity index (χ4v) is 2.74. The third-order valence-corrected chi connectivity index (χ3v) is 3.98. The number of amides is 1. The summed E-state index contributed by atoms with van der Waals surface area (Å²) in [5, 5.41) is 6.45. The van der Waals surface area contributed by atoms with Gasteiger partial charge >= 0.3 is 5.97 Å². The highest BCUT2D eigenvalue weighted by atomic mass is 32.1. The van der Waals surface area contributed by atoms with E-state index in [0.717, 1.165) is 5.56 Å². The smallest absolute Gasteiger partial charge is 0.311 e. The van der Waals surface area contributed by atoms with Gasteiger partial charge in [0.15, 0.2) is 17.6 Å². The van der Waals surface area contributed by atoms with Gasteiger partial charge in [-0.15, -0.1) is 0 Å². The molecule has 2 heterocycles. The lowest BCUT2D eigenvalue weighted by atomic mass is 10.2. The second-order valence-electron chi connectivity index (χ2n) is 5.00. The number of anilines is 1. The Balaban J connectivity index is 1.54. The van der Waals surface area contributed by atoms with Gasteiger partial charge in [-0.1, -0.05) is 0 Å². The molecule has 1 aliphatic rings. The van der Waals surface area contributed by atoms with E-state index >= 15 is 0 Å². The summed E-state index contributed by atoms with van der Waals surface area (Å²) in [7, 11) is 0. The van der Waals surface area contributed by atoms with E-state index in [9.17, 15) is 9.59 Å². The summed E-state index contributed by atoms with van der Waals surface area (Å²) >= 11 is 1.51. The number of carbonyl (C=O) groups excluding carboxylic acids is 2. The van der Waals surface area contributed by atoms with E-state index in [1.54, 1.807) is 18.2 Å². The van der Waals surface area contributed by atoms with E-state index in [-0.39, 0.29) is 13.2 Å². The molecule has 7 heteroatoms. The van der Waals surface area contributed by atoms with Gasteiger partial charge in [0.05, 0.1) is 6.42 Å². The van der Waals surface area contributed by atoms with Crippen molar-refractivity contribution in [3.05, 3.63) is 40.6 Å². The zero-order chi connectivity index (χ0) is 16.2. The lowest BCUT2D eigenvalue weighted by molar-refractivity contribution is -0.152. The van der Waals surface area contributed by atoms with Gasteiger partial charge in [0, 0.05) is 11.8 Å². The molecule has 1 N–H and O–H groups in total. The number of rotatable bonds is 5. The first-order valence-corrected chi connectivity index (χ1v) is 7.97. The van der Waals surface area contributed by atoms with Crippen molar-refractivity contribution >= 4 is 28.9 Å². The highest BCUT2D eigenvalue weighted by molar-refractivity contribution is 7.07. The van der Waals surface area contributed by atoms with Gasteiger partial charge in [0.1, 0.15) is 0 Å². The molecule has 0 spiro atoms. The van der Waals surface area contributed by atoms with Gasteiger partial charge in [-0.3, -0.25) is 9.59 Å². The van der Waals surface area contributed by atoms with Crippen molar-refractivity contribution in [3.8, 4) is 11.5 Å². The lowest BCUT2D eigenvalue weighted by Crippen LogP contribution is -2.30. The van der Waals surface area contributed by atoms with Crippen LogP contribution in [0.15, 0.2) is 35.0 Å². The number of esters is 1. The second kappa shape index (κ2) is 6.70. The number of fused-ring (bicyclic) bond motifs is 1. The number of carbonyl (C=O) groups is 2. The van der Waals surface area contributed by atoms with Crippen molar-refractivity contribution in [1.29, 1.82) is 0 Å². The molecule has 3 rings (SSSR count). The number of hydrogen-bond donors (Lipinski definition) is 1. The largest absolute Gasteiger partial charge is 0.454 e. The molecule has 0 radical (unpaired) electrons. The Bertz CT molecular complexity index is 713. The summed E-state index contributed by atoms with van der Waals surface area (Å²) in [6.45, 7) is 1.71. The standard InChI is InChI=1S/C16H15NO5S/c1-10(22-15(18)6-11-4-5-23-8-11)16(19)17-12-2-3-13-14(7-12)21-9-20-13/h2-5,7-8,10H,6,9H2,1H3,(H,17,19)/t10-/m1/s1. The van der Waals surface area contributed by atoms with Gasteiger partial charge in [-0.05, 0) is 41.4 Å². The second-order valence-corrected chi connectivity index (χ2v) is 5.78. The van der Waals surface area contributed by atoms with Crippen molar-refractivity contribution in [2.24, 2.45) is 0 Å². The quantitative estimate of drug-likeness (QED) is 0.851. The molecule has 0 aliphatic carbocycles. The third-order valence-electron chi connectivity index (χ3n) is 3.25. The molecule has 0 saturated carbocycles. The van der Waals surface area contributed by atoms with Crippen LogP contribution in [0.4, 0.5) is 5.69 Å². The molecule has 6 nitrogen and oxygen atoms in total. The van der Waals surface area contributed by atoms with Crippen LogP contribution in [0.1, 0.15) is 12.5 Å². The molecule has 1 aromatic heterocycles. The average molecular weight is 333 g/mol. The molecule has 1 atom stereocenters. The topological polar surface area (TPSA) is 73.9 Å². The molecular weight excluding hydrogens is 318 g/mol. The molecule has 0 saturated heterocycles. The zero-order valence-electron chi connectivity index (χ0n) is 12.4. The fourth-order valence-electron chi connectivity index (χ4n) is 2.07. The van der Waals surface area contributed by atoms with Crippen LogP contribution in [0.2, 0.25) is 0 Å². The minimum atomic E-state index is -0.883. The Morgan fingerprint density at radius 1 is 1.30 bits per heavy atom. The van der Waals surface area contributed by atoms with Gasteiger partial charge < -0.3 is 19.5 Å². The van der Waals surface area contributed by atoms with Crippen molar-refractivity contribution < 1.29 is 23.8 Å². The molecule has 2 aromatic rings. The number of benzene rings is 1. The minimum absolute atomic E-state index is 0.158. The first kappa shape index (κ1) is 15.4. The Morgan fingerprint density at radius 2 is 2.13 bits per heavy atom. The molecule has 1 aliphatic heterocycles. The van der Waals surface area contributed by atoms with E-state index < -0.39 is 18.0 Å². The maximum Gasteiger partial charge on any atom is 0.311 e. The van der Waals surface area contributed by atoms with E-state index in [1.165, 1.54) is 18.3 Å². The zero-order valence-corrected chi connectivity index (χ0v) is 13.2. The lowest BCUT2D eigenvalue weighted by Gasteiger charge is -2.13. The highest BCUT2D eigenvalue weighted by Crippen LogP contribution is 2.34. The number of thiophene rings is 1. The molecule has 1 aromatic carbocycles. The summed E-state index contributed by atoms with van der Waals surface area (Å²) in [6.07, 6.45) is -0.725. The van der Waals surface area contributed by atoms with Crippen LogP contribution in [0.25, 0.3) is 0 Å². The van der Waals surface area contributed by atoms with Gasteiger partial charge in [-0.25, -0.2) is 0 Å². The highest BCUT2D eigenvalue weighted by Gasteiger charge is 2.20. The van der Waals surface area contributed by atoms with Crippen molar-refractivity contribution in [2.45, 2.75) is 19.4 Å². The number of hydrogen-bond acceptors (Lipinski definition) is 6. The summed E-state index contributed by atoms with van der Waals surface area (Å²) in [6, 6.07) is 6.93. The maximum absolute atomic E-state index is 12.1. The Morgan fingerprint density at radius 3 is 2.91 bits per heavy atom.